The molecule has 0 spiro atoms. The lowest BCUT2D eigenvalue weighted by molar-refractivity contribution is -0.254. The van der Waals surface area contributed by atoms with Crippen LogP contribution in [0.3, 0.4) is 0 Å². The Labute approximate surface area is 179 Å². The van der Waals surface area contributed by atoms with Gasteiger partial charge in [0.2, 0.25) is 0 Å². The maximum absolute atomic E-state index is 13.5. The first-order valence-electron chi connectivity index (χ1n) is 10.3. The summed E-state index contributed by atoms with van der Waals surface area (Å²) in [5.74, 6) is 0. The quantitative estimate of drug-likeness (QED) is 0.207. The fourth-order valence-corrected chi connectivity index (χ4v) is 4.35. The molecule has 1 amide bonds. The minimum absolute atomic E-state index is 0.0475. The third-order valence-electron chi connectivity index (χ3n) is 4.90. The van der Waals surface area contributed by atoms with Crippen LogP contribution in [0.5, 0.6) is 0 Å². The molecule has 0 heterocycles. The lowest BCUT2D eigenvalue weighted by Crippen LogP contribution is -2.45. The molecule has 0 bridgehead atoms. The van der Waals surface area contributed by atoms with Gasteiger partial charge in [-0.05, 0) is 45.8 Å². The van der Waals surface area contributed by atoms with Crippen molar-refractivity contribution in [1.82, 2.24) is 5.32 Å². The Kier molecular flexibility index (Phi) is 10.9. The van der Waals surface area contributed by atoms with Crippen molar-refractivity contribution in [2.45, 2.75) is 71.9 Å². The van der Waals surface area contributed by atoms with Crippen molar-refractivity contribution in [3.8, 4) is 0 Å². The fraction of sp³-hybridized carbons (Fsp3) is 0.900. The van der Waals surface area contributed by atoms with Gasteiger partial charge in [0.25, 0.3) is 0 Å². The van der Waals surface area contributed by atoms with E-state index in [0.29, 0.717) is 19.6 Å². The van der Waals surface area contributed by atoms with E-state index in [-0.39, 0.29) is 22.5 Å². The lowest BCUT2D eigenvalue weighted by atomic mass is 9.63. The van der Waals surface area contributed by atoms with Crippen molar-refractivity contribution in [1.29, 1.82) is 0 Å². The molecule has 1 aliphatic rings. The van der Waals surface area contributed by atoms with E-state index in [1.807, 2.05) is 6.92 Å². The summed E-state index contributed by atoms with van der Waals surface area (Å²) in [6, 6.07) is -0.149. The Balaban J connectivity index is 2.65. The van der Waals surface area contributed by atoms with E-state index in [1.165, 1.54) is 0 Å². The molecule has 1 saturated carbocycles. The number of carbonyl (C=O) groups excluding carboxylic acids is 1. The predicted octanol–water partition coefficient (Wildman–Crippen LogP) is 4.92. The van der Waals surface area contributed by atoms with Crippen LogP contribution >= 0.6 is 9.24 Å². The Hall–Kier alpha value is -1.08. The molecule has 3 unspecified atom stereocenters. The lowest BCUT2D eigenvalue weighted by Gasteiger charge is -2.45. The highest BCUT2D eigenvalue weighted by Crippen LogP contribution is 2.47. The van der Waals surface area contributed by atoms with E-state index >= 15 is 0 Å². The molecule has 6 nitrogen and oxygen atoms in total. The standard InChI is InChI=1S/C20H36F3N2O4P/c1-5-6-8-27-16(26)24-13-19(4)11-15(10-18(2,3)12-19)25-17(30)28-14-20(22,23)29-9-7-21/h15H,5-14,30H2,1-4H3,(H,24,26). The largest absolute Gasteiger partial charge is 0.469 e. The number of halogens is 3. The summed E-state index contributed by atoms with van der Waals surface area (Å²) in [7, 11) is 2.21. The van der Waals surface area contributed by atoms with Gasteiger partial charge in [-0.25, -0.2) is 14.2 Å². The summed E-state index contributed by atoms with van der Waals surface area (Å²) in [6.45, 7) is 6.45. The maximum atomic E-state index is 13.5. The first-order valence-corrected chi connectivity index (χ1v) is 10.9. The zero-order chi connectivity index (χ0) is 22.8. The molecule has 0 aromatic rings. The van der Waals surface area contributed by atoms with Gasteiger partial charge in [0.05, 0.1) is 19.3 Å². The molecule has 3 atom stereocenters. The molecule has 0 radical (unpaired) electrons. The zero-order valence-corrected chi connectivity index (χ0v) is 19.6. The fourth-order valence-electron chi connectivity index (χ4n) is 4.06. The van der Waals surface area contributed by atoms with Crippen molar-refractivity contribution in [3.63, 3.8) is 0 Å². The van der Waals surface area contributed by atoms with Gasteiger partial charge < -0.3 is 19.5 Å². The molecular weight excluding hydrogens is 420 g/mol. The minimum Gasteiger partial charge on any atom is -0.469 e. The van der Waals surface area contributed by atoms with E-state index in [9.17, 15) is 18.0 Å². The molecule has 0 aromatic heterocycles. The van der Waals surface area contributed by atoms with Crippen LogP contribution in [0.2, 0.25) is 0 Å². The van der Waals surface area contributed by atoms with Gasteiger partial charge >= 0.3 is 12.2 Å². The van der Waals surface area contributed by atoms with Crippen molar-refractivity contribution in [3.05, 3.63) is 0 Å². The van der Waals surface area contributed by atoms with E-state index in [2.05, 4.69) is 45.1 Å². The first kappa shape index (κ1) is 27.0. The van der Waals surface area contributed by atoms with Gasteiger partial charge in [0, 0.05) is 6.54 Å². The molecule has 0 aromatic carbocycles. The molecule has 30 heavy (non-hydrogen) atoms. The summed E-state index contributed by atoms with van der Waals surface area (Å²) < 4.78 is 53.2. The number of hydrogen-bond acceptors (Lipinski definition) is 5. The van der Waals surface area contributed by atoms with E-state index in [0.717, 1.165) is 25.7 Å². The molecule has 0 saturated heterocycles. The topological polar surface area (TPSA) is 69.2 Å². The van der Waals surface area contributed by atoms with Gasteiger partial charge in [-0.2, -0.15) is 8.78 Å². The normalized spacial score (nSPS) is 24.4. The van der Waals surface area contributed by atoms with Crippen molar-refractivity contribution in [2.75, 3.05) is 33.0 Å². The Morgan fingerprint density at radius 1 is 1.23 bits per heavy atom. The van der Waals surface area contributed by atoms with Gasteiger partial charge in [-0.15, -0.1) is 0 Å². The molecule has 1 rings (SSSR count). The summed E-state index contributed by atoms with van der Waals surface area (Å²) in [4.78, 5) is 16.3. The molecule has 1 fully saturated rings. The molecule has 1 aliphatic carbocycles. The molecular formula is C20H36F3N2O4P. The summed E-state index contributed by atoms with van der Waals surface area (Å²) in [5.41, 5.74) is -0.220. The monoisotopic (exact) mass is 456 g/mol. The zero-order valence-electron chi connectivity index (χ0n) is 18.4. The second-order valence-electron chi connectivity index (χ2n) is 8.99. The van der Waals surface area contributed by atoms with Crippen LogP contribution in [-0.2, 0) is 14.2 Å². The number of nitrogens with one attached hydrogen (secondary N) is 1. The van der Waals surface area contributed by atoms with Gasteiger partial charge in [-0.1, -0.05) is 34.1 Å². The predicted molar refractivity (Wildman–Crippen MR) is 114 cm³/mol. The van der Waals surface area contributed by atoms with Crippen LogP contribution in [0.4, 0.5) is 18.0 Å². The van der Waals surface area contributed by atoms with Crippen LogP contribution in [0.1, 0.15) is 59.8 Å². The highest BCUT2D eigenvalue weighted by Gasteiger charge is 2.41. The highest BCUT2D eigenvalue weighted by atomic mass is 31.0. The highest BCUT2D eigenvalue weighted by molar-refractivity contribution is 7.39. The van der Waals surface area contributed by atoms with Crippen molar-refractivity contribution >= 4 is 21.0 Å². The third-order valence-corrected chi connectivity index (χ3v) is 5.22. The number of alkyl halides is 3. The number of aliphatic imine (C=N–C) groups is 1. The average Bonchev–Trinajstić information content (AvgIpc) is 2.62. The molecule has 176 valence electrons. The van der Waals surface area contributed by atoms with Crippen LogP contribution in [0, 0.1) is 10.8 Å². The Bertz CT molecular complexity index is 578. The first-order chi connectivity index (χ1) is 13.9. The summed E-state index contributed by atoms with van der Waals surface area (Å²) in [6.07, 6.45) is 0.0742. The minimum atomic E-state index is -3.58. The number of unbranched alkanes of at least 4 members (excludes halogenated alkanes) is 1. The second kappa shape index (κ2) is 12.1. The number of alkyl carbamates (subject to hydrolysis) is 1. The SMILES string of the molecule is CCCCOC(=O)NCC1(C)CC(N=C(P)OCC(F)(F)OCCF)CC(C)(C)C1. The second-order valence-corrected chi connectivity index (χ2v) is 9.48. The van der Waals surface area contributed by atoms with Crippen LogP contribution in [-0.4, -0.2) is 56.9 Å². The summed E-state index contributed by atoms with van der Waals surface area (Å²) >= 11 is 0. The van der Waals surface area contributed by atoms with Crippen LogP contribution in [0.15, 0.2) is 4.99 Å². The number of amides is 1. The van der Waals surface area contributed by atoms with Gasteiger partial charge in [0.15, 0.2) is 12.2 Å². The van der Waals surface area contributed by atoms with E-state index in [4.69, 9.17) is 9.47 Å². The van der Waals surface area contributed by atoms with Crippen molar-refractivity contribution in [2.24, 2.45) is 15.8 Å². The van der Waals surface area contributed by atoms with Crippen LogP contribution < -0.4 is 5.32 Å². The van der Waals surface area contributed by atoms with Gasteiger partial charge in [0.1, 0.15) is 6.67 Å². The van der Waals surface area contributed by atoms with E-state index in [1.54, 1.807) is 0 Å². The smallest absolute Gasteiger partial charge is 0.407 e. The maximum Gasteiger partial charge on any atom is 0.407 e. The number of rotatable bonds is 11. The molecule has 1 N–H and O–H groups in total. The Morgan fingerprint density at radius 3 is 2.57 bits per heavy atom. The molecule has 0 aliphatic heterocycles. The number of carbonyl (C=O) groups is 1. The molecule has 10 heteroatoms. The third kappa shape index (κ3) is 10.8. The summed E-state index contributed by atoms with van der Waals surface area (Å²) in [5, 5.41) is 2.84. The van der Waals surface area contributed by atoms with E-state index < -0.39 is 32.1 Å². The number of nitrogens with zero attached hydrogens (tertiary/aromatic N) is 1. The number of hydrogen-bond donors (Lipinski definition) is 1. The average molecular weight is 456 g/mol. The Morgan fingerprint density at radius 2 is 1.93 bits per heavy atom. The van der Waals surface area contributed by atoms with Gasteiger partial charge in [-0.3, -0.25) is 0 Å². The van der Waals surface area contributed by atoms with Crippen molar-refractivity contribution < 1.29 is 32.2 Å². The van der Waals surface area contributed by atoms with Crippen LogP contribution in [0.25, 0.3) is 0 Å². The number of ether oxygens (including phenoxy) is 3.